The number of nitrogens with zero attached hydrogens (tertiary/aromatic N) is 1. The van der Waals surface area contributed by atoms with Gasteiger partial charge in [-0.15, -0.1) is 0 Å². The topological polar surface area (TPSA) is 51.6 Å². The first-order valence-corrected chi connectivity index (χ1v) is 5.33. The number of hydrogen-bond acceptors (Lipinski definition) is 4. The third-order valence-corrected chi connectivity index (χ3v) is 2.47. The van der Waals surface area contributed by atoms with Crippen LogP contribution in [0.25, 0.3) is 0 Å². The van der Waals surface area contributed by atoms with Crippen LogP contribution in [0.2, 0.25) is 0 Å². The third kappa shape index (κ3) is 2.33. The molecule has 2 heterocycles. The molecule has 1 aromatic heterocycles. The lowest BCUT2D eigenvalue weighted by atomic mass is 10.1. The average Bonchev–Trinajstić information content (AvgIpc) is 2.39. The van der Waals surface area contributed by atoms with Crippen LogP contribution < -0.4 is 4.74 Å². The predicted octanol–water partition coefficient (Wildman–Crippen LogP) is 1.82. The highest BCUT2D eigenvalue weighted by molar-refractivity contribution is 5.22. The molecule has 1 unspecified atom stereocenters. The molecule has 0 saturated carbocycles. The number of rotatable bonds is 3. The largest absolute Gasteiger partial charge is 0.495 e. The number of methoxy groups -OCH3 is 1. The number of pyridine rings is 1. The maximum atomic E-state index is 10.1. The molecule has 1 aromatic rings. The minimum Gasteiger partial charge on any atom is -0.495 e. The first-order chi connectivity index (χ1) is 7.81. The Morgan fingerprint density at radius 1 is 1.50 bits per heavy atom. The zero-order valence-electron chi connectivity index (χ0n) is 9.22. The van der Waals surface area contributed by atoms with E-state index in [-0.39, 0.29) is 0 Å². The highest BCUT2D eigenvalue weighted by Crippen LogP contribution is 2.25. The summed E-state index contributed by atoms with van der Waals surface area (Å²) in [7, 11) is 1.55. The number of hydrogen-bond donors (Lipinski definition) is 1. The highest BCUT2D eigenvalue weighted by atomic mass is 16.5. The summed E-state index contributed by atoms with van der Waals surface area (Å²) in [5, 5.41) is 10.1. The Kier molecular flexibility index (Phi) is 3.41. The van der Waals surface area contributed by atoms with E-state index in [1.165, 1.54) is 0 Å². The van der Waals surface area contributed by atoms with Crippen molar-refractivity contribution in [3.8, 4) is 5.88 Å². The normalized spacial score (nSPS) is 17.2. The molecule has 1 N–H and O–H groups in total. The average molecular weight is 221 g/mol. The molecule has 0 aromatic carbocycles. The Balaban J connectivity index is 2.19. The number of aromatic nitrogens is 1. The van der Waals surface area contributed by atoms with Crippen LogP contribution in [0.4, 0.5) is 0 Å². The van der Waals surface area contributed by atoms with Gasteiger partial charge >= 0.3 is 0 Å². The second kappa shape index (κ2) is 4.99. The van der Waals surface area contributed by atoms with Gasteiger partial charge in [0.05, 0.1) is 19.4 Å². The van der Waals surface area contributed by atoms with E-state index >= 15 is 0 Å². The molecule has 4 heteroatoms. The van der Waals surface area contributed by atoms with Crippen molar-refractivity contribution in [2.45, 2.75) is 18.9 Å². The van der Waals surface area contributed by atoms with Crippen molar-refractivity contribution in [1.29, 1.82) is 0 Å². The second-order valence-corrected chi connectivity index (χ2v) is 3.60. The van der Waals surface area contributed by atoms with Crippen molar-refractivity contribution in [2.75, 3.05) is 13.7 Å². The minimum absolute atomic E-state index is 0.493. The van der Waals surface area contributed by atoms with Gasteiger partial charge in [-0.2, -0.15) is 0 Å². The van der Waals surface area contributed by atoms with Crippen LogP contribution in [0.15, 0.2) is 30.0 Å². The maximum absolute atomic E-state index is 10.1. The van der Waals surface area contributed by atoms with Crippen LogP contribution in [-0.2, 0) is 4.74 Å². The van der Waals surface area contributed by atoms with E-state index in [0.29, 0.717) is 23.9 Å². The summed E-state index contributed by atoms with van der Waals surface area (Å²) in [6, 6.07) is 5.30. The SMILES string of the molecule is COc1cccc(C(O)C2=CCCCO2)n1. The van der Waals surface area contributed by atoms with E-state index < -0.39 is 6.10 Å². The summed E-state index contributed by atoms with van der Waals surface area (Å²) in [5.74, 6) is 1.08. The summed E-state index contributed by atoms with van der Waals surface area (Å²) >= 11 is 0. The second-order valence-electron chi connectivity index (χ2n) is 3.60. The Bertz CT molecular complexity index is 390. The fourth-order valence-electron chi connectivity index (χ4n) is 1.61. The van der Waals surface area contributed by atoms with Crippen LogP contribution in [0.5, 0.6) is 5.88 Å². The van der Waals surface area contributed by atoms with E-state index in [1.807, 2.05) is 6.08 Å². The quantitative estimate of drug-likeness (QED) is 0.845. The maximum Gasteiger partial charge on any atom is 0.213 e. The highest BCUT2D eigenvalue weighted by Gasteiger charge is 2.18. The van der Waals surface area contributed by atoms with Gasteiger partial charge < -0.3 is 14.6 Å². The first kappa shape index (κ1) is 11.0. The summed E-state index contributed by atoms with van der Waals surface area (Å²) in [4.78, 5) is 4.17. The van der Waals surface area contributed by atoms with E-state index in [4.69, 9.17) is 9.47 Å². The molecule has 1 atom stereocenters. The summed E-state index contributed by atoms with van der Waals surface area (Å²) < 4.78 is 10.4. The molecule has 0 bridgehead atoms. The molecule has 0 amide bonds. The lowest BCUT2D eigenvalue weighted by Crippen LogP contribution is -2.11. The van der Waals surface area contributed by atoms with Gasteiger partial charge in [0.1, 0.15) is 5.76 Å². The lowest BCUT2D eigenvalue weighted by molar-refractivity contribution is 0.0891. The number of allylic oxidation sites excluding steroid dienone is 1. The smallest absolute Gasteiger partial charge is 0.213 e. The van der Waals surface area contributed by atoms with Crippen molar-refractivity contribution >= 4 is 0 Å². The Labute approximate surface area is 94.5 Å². The summed E-state index contributed by atoms with van der Waals surface area (Å²) in [6.45, 7) is 0.660. The molecule has 0 radical (unpaired) electrons. The fraction of sp³-hybridized carbons (Fsp3) is 0.417. The van der Waals surface area contributed by atoms with Crippen LogP contribution >= 0.6 is 0 Å². The predicted molar refractivity (Wildman–Crippen MR) is 59.0 cm³/mol. The van der Waals surface area contributed by atoms with Crippen molar-refractivity contribution in [2.24, 2.45) is 0 Å². The first-order valence-electron chi connectivity index (χ1n) is 5.33. The fourth-order valence-corrected chi connectivity index (χ4v) is 1.61. The van der Waals surface area contributed by atoms with Gasteiger partial charge in [0.15, 0.2) is 6.10 Å². The third-order valence-electron chi connectivity index (χ3n) is 2.47. The van der Waals surface area contributed by atoms with Gasteiger partial charge in [0, 0.05) is 6.07 Å². The molecule has 0 fully saturated rings. The Hall–Kier alpha value is -1.55. The van der Waals surface area contributed by atoms with Gasteiger partial charge in [-0.1, -0.05) is 6.07 Å². The van der Waals surface area contributed by atoms with E-state index in [1.54, 1.807) is 25.3 Å². The monoisotopic (exact) mass is 221 g/mol. The van der Waals surface area contributed by atoms with Gasteiger partial charge in [0.25, 0.3) is 0 Å². The van der Waals surface area contributed by atoms with Gasteiger partial charge in [-0.25, -0.2) is 4.98 Å². The van der Waals surface area contributed by atoms with Crippen LogP contribution in [0.1, 0.15) is 24.6 Å². The van der Waals surface area contributed by atoms with E-state index in [2.05, 4.69) is 4.98 Å². The van der Waals surface area contributed by atoms with Crippen molar-refractivity contribution in [1.82, 2.24) is 4.98 Å². The molecular formula is C12H15NO3. The zero-order chi connectivity index (χ0) is 11.4. The lowest BCUT2D eigenvalue weighted by Gasteiger charge is -2.19. The number of aliphatic hydroxyl groups is 1. The standard InChI is InChI=1S/C12H15NO3/c1-15-11-7-4-5-9(13-11)12(14)10-6-2-3-8-16-10/h4-7,12,14H,2-3,8H2,1H3. The van der Waals surface area contributed by atoms with Crippen molar-refractivity contribution in [3.63, 3.8) is 0 Å². The zero-order valence-corrected chi connectivity index (χ0v) is 9.22. The molecule has 1 aliphatic heterocycles. The molecular weight excluding hydrogens is 206 g/mol. The Morgan fingerprint density at radius 3 is 3.06 bits per heavy atom. The van der Waals surface area contributed by atoms with Gasteiger partial charge in [-0.3, -0.25) is 0 Å². The minimum atomic E-state index is -0.796. The summed E-state index contributed by atoms with van der Waals surface area (Å²) in [6.07, 6.45) is 3.06. The molecule has 16 heavy (non-hydrogen) atoms. The molecule has 2 rings (SSSR count). The molecule has 86 valence electrons. The van der Waals surface area contributed by atoms with Crippen LogP contribution in [0.3, 0.4) is 0 Å². The van der Waals surface area contributed by atoms with Crippen LogP contribution in [-0.4, -0.2) is 23.8 Å². The number of aliphatic hydroxyl groups excluding tert-OH is 1. The molecule has 4 nitrogen and oxygen atoms in total. The van der Waals surface area contributed by atoms with Gasteiger partial charge in [0.2, 0.25) is 5.88 Å². The molecule has 0 saturated heterocycles. The van der Waals surface area contributed by atoms with Gasteiger partial charge in [-0.05, 0) is 25.0 Å². The number of ether oxygens (including phenoxy) is 2. The van der Waals surface area contributed by atoms with E-state index in [9.17, 15) is 5.11 Å². The van der Waals surface area contributed by atoms with Crippen molar-refractivity contribution in [3.05, 3.63) is 35.7 Å². The van der Waals surface area contributed by atoms with E-state index in [0.717, 1.165) is 12.8 Å². The Morgan fingerprint density at radius 2 is 2.38 bits per heavy atom. The molecule has 0 aliphatic carbocycles. The summed E-state index contributed by atoms with van der Waals surface area (Å²) in [5.41, 5.74) is 0.549. The van der Waals surface area contributed by atoms with Crippen LogP contribution in [0, 0.1) is 0 Å². The molecule has 1 aliphatic rings. The van der Waals surface area contributed by atoms with Crippen molar-refractivity contribution < 1.29 is 14.6 Å². The molecule has 0 spiro atoms.